The molecule has 2 aromatic rings. The Labute approximate surface area is 170 Å². The molecule has 0 spiro atoms. The number of nitrogens with zero attached hydrogens (tertiary/aromatic N) is 3. The second kappa shape index (κ2) is 10.1. The van der Waals surface area contributed by atoms with E-state index < -0.39 is 0 Å². The first kappa shape index (κ1) is 21.7. The number of carbonyl (C=O) groups is 1. The molecule has 1 aromatic heterocycles. The maximum Gasteiger partial charge on any atom is 0.242 e. The number of aliphatic imine (C=N–C) groups is 1. The van der Waals surface area contributed by atoms with Crippen molar-refractivity contribution in [3.63, 3.8) is 0 Å². The molecular formula is C19H27ClN6O2. The first-order valence-electron chi connectivity index (χ1n) is 9.18. The number of benzene rings is 1. The van der Waals surface area contributed by atoms with Crippen molar-refractivity contribution in [2.24, 2.45) is 4.99 Å². The number of halogens is 1. The maximum absolute atomic E-state index is 11.9. The Morgan fingerprint density at radius 1 is 1.29 bits per heavy atom. The number of hydrogen-bond acceptors (Lipinski definition) is 5. The van der Waals surface area contributed by atoms with Gasteiger partial charge in [-0.1, -0.05) is 28.9 Å². The number of aromatic nitrogens is 2. The average Bonchev–Trinajstić information content (AvgIpc) is 3.07. The largest absolute Gasteiger partial charge is 0.357 e. The third kappa shape index (κ3) is 7.56. The Morgan fingerprint density at radius 3 is 2.75 bits per heavy atom. The van der Waals surface area contributed by atoms with Crippen LogP contribution in [0.15, 0.2) is 33.8 Å². The van der Waals surface area contributed by atoms with Crippen molar-refractivity contribution in [1.29, 1.82) is 0 Å². The molecule has 9 heteroatoms. The molecule has 0 fully saturated rings. The van der Waals surface area contributed by atoms with Crippen LogP contribution in [-0.4, -0.2) is 47.2 Å². The van der Waals surface area contributed by atoms with Gasteiger partial charge in [-0.15, -0.1) is 0 Å². The summed E-state index contributed by atoms with van der Waals surface area (Å²) in [6.45, 7) is 9.02. The quantitative estimate of drug-likeness (QED) is 0.481. The lowest BCUT2D eigenvalue weighted by molar-refractivity contribution is -0.121. The lowest BCUT2D eigenvalue weighted by atomic mass is 10.1. The van der Waals surface area contributed by atoms with Gasteiger partial charge >= 0.3 is 0 Å². The number of hydrogen-bond donors (Lipinski definition) is 3. The first-order valence-corrected chi connectivity index (χ1v) is 9.56. The van der Waals surface area contributed by atoms with Crippen molar-refractivity contribution in [1.82, 2.24) is 26.1 Å². The van der Waals surface area contributed by atoms with E-state index in [-0.39, 0.29) is 18.0 Å². The number of amides is 1. The molecule has 0 radical (unpaired) electrons. The highest BCUT2D eigenvalue weighted by atomic mass is 35.5. The Hall–Kier alpha value is -2.61. The van der Waals surface area contributed by atoms with Gasteiger partial charge in [0.1, 0.15) is 6.54 Å². The van der Waals surface area contributed by atoms with Gasteiger partial charge in [0.15, 0.2) is 5.96 Å². The number of nitrogens with one attached hydrogen (secondary N) is 3. The van der Waals surface area contributed by atoms with Gasteiger partial charge in [-0.2, -0.15) is 4.98 Å². The average molecular weight is 407 g/mol. The SMILES string of the molecule is CCNC(=NCC(=O)NC(C)(C)C)NCCc1nc(-c2cccc(Cl)c2)no1. The van der Waals surface area contributed by atoms with E-state index in [1.54, 1.807) is 12.1 Å². The van der Waals surface area contributed by atoms with Crippen molar-refractivity contribution in [2.75, 3.05) is 19.6 Å². The van der Waals surface area contributed by atoms with Crippen molar-refractivity contribution in [2.45, 2.75) is 39.7 Å². The lowest BCUT2D eigenvalue weighted by Gasteiger charge is -2.20. The lowest BCUT2D eigenvalue weighted by Crippen LogP contribution is -2.43. The fraction of sp³-hybridized carbons (Fsp3) is 0.474. The van der Waals surface area contributed by atoms with Crippen molar-refractivity contribution in [3.05, 3.63) is 35.2 Å². The normalized spacial score (nSPS) is 12.0. The smallest absolute Gasteiger partial charge is 0.242 e. The van der Waals surface area contributed by atoms with E-state index in [9.17, 15) is 4.79 Å². The van der Waals surface area contributed by atoms with Crippen molar-refractivity contribution < 1.29 is 9.32 Å². The van der Waals surface area contributed by atoms with Gasteiger partial charge in [-0.05, 0) is 39.8 Å². The molecule has 0 aliphatic carbocycles. The molecule has 1 aromatic carbocycles. The molecule has 2 rings (SSSR count). The van der Waals surface area contributed by atoms with Gasteiger partial charge in [-0.3, -0.25) is 4.79 Å². The van der Waals surface area contributed by atoms with E-state index in [2.05, 4.69) is 31.1 Å². The molecule has 8 nitrogen and oxygen atoms in total. The van der Waals surface area contributed by atoms with E-state index >= 15 is 0 Å². The van der Waals surface area contributed by atoms with E-state index in [0.717, 1.165) is 5.56 Å². The van der Waals surface area contributed by atoms with Crippen LogP contribution in [-0.2, 0) is 11.2 Å². The molecular weight excluding hydrogens is 380 g/mol. The number of guanidine groups is 1. The molecule has 0 saturated heterocycles. The number of carbonyl (C=O) groups excluding carboxylic acids is 1. The predicted octanol–water partition coefficient (Wildman–Crippen LogP) is 2.40. The Morgan fingerprint density at radius 2 is 2.07 bits per heavy atom. The van der Waals surface area contributed by atoms with Crippen LogP contribution in [0.2, 0.25) is 5.02 Å². The predicted molar refractivity (Wildman–Crippen MR) is 110 cm³/mol. The molecule has 0 saturated carbocycles. The molecule has 1 amide bonds. The summed E-state index contributed by atoms with van der Waals surface area (Å²) in [6.07, 6.45) is 0.520. The van der Waals surface area contributed by atoms with E-state index in [0.29, 0.717) is 42.2 Å². The maximum atomic E-state index is 11.9. The van der Waals surface area contributed by atoms with Crippen LogP contribution in [0, 0.1) is 0 Å². The minimum absolute atomic E-state index is 0.0477. The van der Waals surface area contributed by atoms with Crippen LogP contribution >= 0.6 is 11.6 Å². The van der Waals surface area contributed by atoms with Crippen molar-refractivity contribution in [3.8, 4) is 11.4 Å². The van der Waals surface area contributed by atoms with Gasteiger partial charge in [0, 0.05) is 35.6 Å². The summed E-state index contributed by atoms with van der Waals surface area (Å²) in [5.41, 5.74) is 0.520. The van der Waals surface area contributed by atoms with E-state index in [1.807, 2.05) is 39.8 Å². The van der Waals surface area contributed by atoms with E-state index in [4.69, 9.17) is 16.1 Å². The fourth-order valence-corrected chi connectivity index (χ4v) is 2.53. The van der Waals surface area contributed by atoms with Crippen LogP contribution < -0.4 is 16.0 Å². The fourth-order valence-electron chi connectivity index (χ4n) is 2.34. The highest BCUT2D eigenvalue weighted by molar-refractivity contribution is 6.30. The first-order chi connectivity index (χ1) is 13.3. The standard InChI is InChI=1S/C19H27ClN6O2/c1-5-21-18(23-12-15(27)25-19(2,3)4)22-10-9-16-24-17(26-28-16)13-7-6-8-14(20)11-13/h6-8,11H,5,9-10,12H2,1-4H3,(H,25,27)(H2,21,22,23). The number of rotatable bonds is 7. The highest BCUT2D eigenvalue weighted by Gasteiger charge is 2.13. The molecule has 0 aliphatic rings. The van der Waals surface area contributed by atoms with Gasteiger partial charge in [0.2, 0.25) is 17.6 Å². The second-order valence-corrected chi connectivity index (χ2v) is 7.63. The van der Waals surface area contributed by atoms with Gasteiger partial charge in [-0.25, -0.2) is 4.99 Å². The molecule has 0 bridgehead atoms. The van der Waals surface area contributed by atoms with Crippen LogP contribution in [0.25, 0.3) is 11.4 Å². The summed E-state index contributed by atoms with van der Waals surface area (Å²) in [6, 6.07) is 7.29. The molecule has 0 unspecified atom stereocenters. The second-order valence-electron chi connectivity index (χ2n) is 7.19. The molecule has 0 atom stereocenters. The Balaban J connectivity index is 1.87. The minimum atomic E-state index is -0.281. The third-order valence-corrected chi connectivity index (χ3v) is 3.66. The zero-order valence-electron chi connectivity index (χ0n) is 16.7. The van der Waals surface area contributed by atoms with E-state index in [1.165, 1.54) is 0 Å². The zero-order chi connectivity index (χ0) is 20.6. The van der Waals surface area contributed by atoms with Gasteiger partial charge in [0.25, 0.3) is 0 Å². The summed E-state index contributed by atoms with van der Waals surface area (Å²) in [4.78, 5) is 20.6. The van der Waals surface area contributed by atoms with Crippen molar-refractivity contribution >= 4 is 23.5 Å². The summed E-state index contributed by atoms with van der Waals surface area (Å²) in [5, 5.41) is 13.7. The molecule has 28 heavy (non-hydrogen) atoms. The van der Waals surface area contributed by atoms with Crippen LogP contribution in [0.5, 0.6) is 0 Å². The summed E-state index contributed by atoms with van der Waals surface area (Å²) >= 11 is 5.99. The zero-order valence-corrected chi connectivity index (χ0v) is 17.4. The molecule has 1 heterocycles. The Kier molecular flexibility index (Phi) is 7.80. The third-order valence-electron chi connectivity index (χ3n) is 3.42. The summed E-state index contributed by atoms with van der Waals surface area (Å²) in [5.74, 6) is 1.43. The van der Waals surface area contributed by atoms with Gasteiger partial charge in [0.05, 0.1) is 0 Å². The monoisotopic (exact) mass is 406 g/mol. The van der Waals surface area contributed by atoms with Crippen LogP contribution in [0.1, 0.15) is 33.6 Å². The van der Waals surface area contributed by atoms with Gasteiger partial charge < -0.3 is 20.5 Å². The highest BCUT2D eigenvalue weighted by Crippen LogP contribution is 2.19. The summed E-state index contributed by atoms with van der Waals surface area (Å²) in [7, 11) is 0. The van der Waals surface area contributed by atoms with Crippen LogP contribution in [0.4, 0.5) is 0 Å². The Bertz CT molecular complexity index is 813. The topological polar surface area (TPSA) is 104 Å². The molecule has 152 valence electrons. The summed E-state index contributed by atoms with van der Waals surface area (Å²) < 4.78 is 5.29. The molecule has 0 aliphatic heterocycles. The van der Waals surface area contributed by atoms with Crippen LogP contribution in [0.3, 0.4) is 0 Å². The minimum Gasteiger partial charge on any atom is -0.357 e. The molecule has 3 N–H and O–H groups in total.